The van der Waals surface area contributed by atoms with E-state index in [2.05, 4.69) is 0 Å². The molecule has 1 saturated carbocycles. The first kappa shape index (κ1) is 19.3. The molecule has 0 amide bonds. The first-order valence-electron chi connectivity index (χ1n) is 9.29. The van der Waals surface area contributed by atoms with Crippen LogP contribution in [0.5, 0.6) is 5.75 Å². The lowest BCUT2D eigenvalue weighted by Crippen LogP contribution is -2.53. The van der Waals surface area contributed by atoms with Crippen molar-refractivity contribution < 1.29 is 29.6 Å². The zero-order chi connectivity index (χ0) is 18.8. The number of aliphatic hydroxyl groups is 3. The Morgan fingerprint density at radius 2 is 1.81 bits per heavy atom. The highest BCUT2D eigenvalue weighted by Crippen LogP contribution is 2.36. The van der Waals surface area contributed by atoms with Crippen LogP contribution < -0.4 is 4.74 Å². The molecule has 1 aromatic rings. The molecule has 1 aromatic carbocycles. The summed E-state index contributed by atoms with van der Waals surface area (Å²) >= 11 is 0. The highest BCUT2D eigenvalue weighted by Gasteiger charge is 2.42. The molecule has 0 bridgehead atoms. The van der Waals surface area contributed by atoms with Gasteiger partial charge >= 0.3 is 0 Å². The third kappa shape index (κ3) is 3.93. The van der Waals surface area contributed by atoms with Gasteiger partial charge in [-0.3, -0.25) is 4.79 Å². The number of Topliss-reactive ketones (excluding diaryl/α,β-unsaturated/α-hetero) is 1. The third-order valence-electron chi connectivity index (χ3n) is 5.66. The zero-order valence-electron chi connectivity index (χ0n) is 15.3. The molecule has 2 fully saturated rings. The van der Waals surface area contributed by atoms with Gasteiger partial charge in [-0.1, -0.05) is 6.07 Å². The van der Waals surface area contributed by atoms with Gasteiger partial charge in [0.05, 0.1) is 13.2 Å². The number of aliphatic hydroxyl groups excluding tert-OH is 3. The summed E-state index contributed by atoms with van der Waals surface area (Å²) in [7, 11) is 1.62. The van der Waals surface area contributed by atoms with Crippen LogP contribution in [0.4, 0.5) is 0 Å². The van der Waals surface area contributed by atoms with Crippen molar-refractivity contribution in [1.82, 2.24) is 0 Å². The monoisotopic (exact) mass is 364 g/mol. The number of benzene rings is 1. The molecule has 5 atom stereocenters. The standard InChI is InChI=1S/C20H28O6/c1-11-17(22)18(23)19(24)20(26-11)13-5-8-16(25-2)14(10-13)9-12-3-6-15(21)7-4-12/h5,8,10-12,17-20,22-24H,3-4,6-7,9H2,1-2H3/t11-,17-,18+,19-,20+/m1/s1. The van der Waals surface area contributed by atoms with E-state index in [1.54, 1.807) is 14.0 Å². The van der Waals surface area contributed by atoms with Gasteiger partial charge in [0.2, 0.25) is 0 Å². The summed E-state index contributed by atoms with van der Waals surface area (Å²) in [6, 6.07) is 5.61. The number of carbonyl (C=O) groups is 1. The fourth-order valence-electron chi connectivity index (χ4n) is 3.98. The minimum atomic E-state index is -1.25. The van der Waals surface area contributed by atoms with Crippen LogP contribution >= 0.6 is 0 Å². The molecular formula is C20H28O6. The van der Waals surface area contributed by atoms with Gasteiger partial charge in [0.15, 0.2) is 0 Å². The highest BCUT2D eigenvalue weighted by molar-refractivity contribution is 5.79. The topological polar surface area (TPSA) is 96.2 Å². The molecule has 1 saturated heterocycles. The fourth-order valence-corrected chi connectivity index (χ4v) is 3.98. The molecule has 1 heterocycles. The molecule has 144 valence electrons. The molecule has 2 aliphatic rings. The first-order chi connectivity index (χ1) is 12.4. The molecule has 6 heteroatoms. The van der Waals surface area contributed by atoms with Crippen LogP contribution in [0.25, 0.3) is 0 Å². The van der Waals surface area contributed by atoms with E-state index in [1.807, 2.05) is 18.2 Å². The minimum Gasteiger partial charge on any atom is -0.496 e. The highest BCUT2D eigenvalue weighted by atomic mass is 16.5. The third-order valence-corrected chi connectivity index (χ3v) is 5.66. The molecule has 6 nitrogen and oxygen atoms in total. The van der Waals surface area contributed by atoms with Gasteiger partial charge in [-0.25, -0.2) is 0 Å². The van der Waals surface area contributed by atoms with E-state index in [9.17, 15) is 20.1 Å². The van der Waals surface area contributed by atoms with Gasteiger partial charge < -0.3 is 24.8 Å². The predicted octanol–water partition coefficient (Wildman–Crippen LogP) is 1.54. The lowest BCUT2D eigenvalue weighted by molar-refractivity contribution is -0.219. The number of methoxy groups -OCH3 is 1. The molecule has 3 rings (SSSR count). The normalized spacial score (nSPS) is 33.3. The lowest BCUT2D eigenvalue weighted by atomic mass is 9.83. The summed E-state index contributed by atoms with van der Waals surface area (Å²) in [5.41, 5.74) is 1.76. The van der Waals surface area contributed by atoms with Crippen LogP contribution in [0.2, 0.25) is 0 Å². The Kier molecular flexibility index (Phi) is 5.97. The van der Waals surface area contributed by atoms with E-state index in [1.165, 1.54) is 0 Å². The predicted molar refractivity (Wildman–Crippen MR) is 95.0 cm³/mol. The van der Waals surface area contributed by atoms with Crippen LogP contribution in [0.1, 0.15) is 49.8 Å². The van der Waals surface area contributed by atoms with E-state index in [4.69, 9.17) is 9.47 Å². The van der Waals surface area contributed by atoms with Crippen molar-refractivity contribution in [3.63, 3.8) is 0 Å². The van der Waals surface area contributed by atoms with Crippen molar-refractivity contribution in [3.8, 4) is 5.75 Å². The Bertz CT molecular complexity index is 635. The maximum atomic E-state index is 11.5. The van der Waals surface area contributed by atoms with Crippen LogP contribution in [0, 0.1) is 5.92 Å². The molecule has 0 aromatic heterocycles. The zero-order valence-corrected chi connectivity index (χ0v) is 15.3. The van der Waals surface area contributed by atoms with Crippen molar-refractivity contribution in [2.75, 3.05) is 7.11 Å². The Balaban J connectivity index is 1.81. The van der Waals surface area contributed by atoms with Gasteiger partial charge in [-0.15, -0.1) is 0 Å². The van der Waals surface area contributed by atoms with Crippen molar-refractivity contribution in [3.05, 3.63) is 29.3 Å². The van der Waals surface area contributed by atoms with Gasteiger partial charge in [0, 0.05) is 12.8 Å². The molecule has 1 aliphatic heterocycles. The molecule has 1 aliphatic carbocycles. The summed E-state index contributed by atoms with van der Waals surface area (Å²) in [4.78, 5) is 11.5. The van der Waals surface area contributed by atoms with Gasteiger partial charge in [-0.2, -0.15) is 0 Å². The summed E-state index contributed by atoms with van der Waals surface area (Å²) in [6.07, 6.45) is -1.000. The number of hydrogen-bond acceptors (Lipinski definition) is 6. The quantitative estimate of drug-likeness (QED) is 0.750. The molecule has 3 N–H and O–H groups in total. The summed E-state index contributed by atoms with van der Waals surface area (Å²) in [5.74, 6) is 1.53. The summed E-state index contributed by atoms with van der Waals surface area (Å²) < 4.78 is 11.2. The Morgan fingerprint density at radius 1 is 1.12 bits per heavy atom. The van der Waals surface area contributed by atoms with E-state index in [-0.39, 0.29) is 0 Å². The molecule has 0 radical (unpaired) electrons. The number of ketones is 1. The first-order valence-corrected chi connectivity index (χ1v) is 9.29. The number of hydrogen-bond donors (Lipinski definition) is 3. The number of carbonyl (C=O) groups excluding carboxylic acids is 1. The Morgan fingerprint density at radius 3 is 2.46 bits per heavy atom. The number of ether oxygens (including phenoxy) is 2. The van der Waals surface area contributed by atoms with Crippen LogP contribution in [-0.4, -0.2) is 52.6 Å². The average molecular weight is 364 g/mol. The second-order valence-electron chi connectivity index (χ2n) is 7.49. The molecule has 0 unspecified atom stereocenters. The maximum Gasteiger partial charge on any atom is 0.132 e. The largest absolute Gasteiger partial charge is 0.496 e. The lowest BCUT2D eigenvalue weighted by Gasteiger charge is -2.39. The second-order valence-corrected chi connectivity index (χ2v) is 7.49. The summed E-state index contributed by atoms with van der Waals surface area (Å²) in [5, 5.41) is 30.3. The van der Waals surface area contributed by atoms with E-state index < -0.39 is 30.5 Å². The smallest absolute Gasteiger partial charge is 0.132 e. The molecule has 0 spiro atoms. The average Bonchev–Trinajstić information content (AvgIpc) is 2.65. The van der Waals surface area contributed by atoms with Crippen molar-refractivity contribution in [2.45, 2.75) is 69.5 Å². The van der Waals surface area contributed by atoms with Crippen LogP contribution in [0.15, 0.2) is 18.2 Å². The van der Waals surface area contributed by atoms with Gasteiger partial charge in [0.1, 0.15) is 35.9 Å². The molecular weight excluding hydrogens is 336 g/mol. The Labute approximate surface area is 153 Å². The van der Waals surface area contributed by atoms with E-state index >= 15 is 0 Å². The van der Waals surface area contributed by atoms with E-state index in [0.29, 0.717) is 24.5 Å². The molecule has 26 heavy (non-hydrogen) atoms. The number of rotatable bonds is 4. The van der Waals surface area contributed by atoms with Gasteiger partial charge in [-0.05, 0) is 55.4 Å². The van der Waals surface area contributed by atoms with Gasteiger partial charge in [0.25, 0.3) is 0 Å². The van der Waals surface area contributed by atoms with Crippen molar-refractivity contribution >= 4 is 5.78 Å². The SMILES string of the molecule is COc1ccc([C@@H]2O[C@H](C)[C@@H](O)[C@H](O)[C@H]2O)cc1CC1CCC(=O)CC1. The van der Waals surface area contributed by atoms with Crippen LogP contribution in [0.3, 0.4) is 0 Å². The Hall–Kier alpha value is -1.47. The van der Waals surface area contributed by atoms with Crippen LogP contribution in [-0.2, 0) is 16.0 Å². The van der Waals surface area contributed by atoms with Crippen molar-refractivity contribution in [1.29, 1.82) is 0 Å². The maximum absolute atomic E-state index is 11.5. The fraction of sp³-hybridized carbons (Fsp3) is 0.650. The van der Waals surface area contributed by atoms with E-state index in [0.717, 1.165) is 36.1 Å². The second kappa shape index (κ2) is 8.05. The minimum absolute atomic E-state index is 0.335. The van der Waals surface area contributed by atoms with Crippen molar-refractivity contribution in [2.24, 2.45) is 5.92 Å². The summed E-state index contributed by atoms with van der Waals surface area (Å²) in [6.45, 7) is 1.68.